The maximum Gasteiger partial charge on any atom is 0.274 e. The number of benzene rings is 2. The normalized spacial score (nSPS) is 10.4. The van der Waals surface area contributed by atoms with E-state index in [2.05, 4.69) is 20.6 Å². The highest BCUT2D eigenvalue weighted by Crippen LogP contribution is 2.29. The highest BCUT2D eigenvalue weighted by atomic mass is 35.5. The van der Waals surface area contributed by atoms with Crippen molar-refractivity contribution in [3.8, 4) is 0 Å². The molecule has 0 bridgehead atoms. The summed E-state index contributed by atoms with van der Waals surface area (Å²) in [5.74, 6) is -0.216. The van der Waals surface area contributed by atoms with E-state index in [1.807, 2.05) is 26.0 Å². The highest BCUT2D eigenvalue weighted by Gasteiger charge is 2.12. The van der Waals surface area contributed by atoms with Crippen molar-refractivity contribution < 1.29 is 9.59 Å². The van der Waals surface area contributed by atoms with E-state index in [0.717, 1.165) is 11.1 Å². The number of anilines is 3. The molecule has 0 aliphatic heterocycles. The van der Waals surface area contributed by atoms with Gasteiger partial charge in [-0.05, 0) is 56.2 Å². The molecule has 1 aromatic heterocycles. The lowest BCUT2D eigenvalue weighted by atomic mass is 10.1. The summed E-state index contributed by atoms with van der Waals surface area (Å²) in [7, 11) is 0. The van der Waals surface area contributed by atoms with Crippen LogP contribution in [-0.2, 0) is 0 Å². The number of amides is 1. The first-order chi connectivity index (χ1) is 13.3. The molecule has 7 heteroatoms. The number of aromatic nitrogens is 2. The average molecular weight is 395 g/mol. The zero-order valence-electron chi connectivity index (χ0n) is 15.7. The minimum absolute atomic E-state index is 0.0741. The monoisotopic (exact) mass is 394 g/mol. The van der Waals surface area contributed by atoms with Crippen molar-refractivity contribution in [1.29, 1.82) is 0 Å². The number of ketones is 1. The van der Waals surface area contributed by atoms with Crippen molar-refractivity contribution >= 4 is 40.6 Å². The third-order valence-corrected chi connectivity index (χ3v) is 4.38. The minimum atomic E-state index is -0.405. The fourth-order valence-corrected chi connectivity index (χ4v) is 3.11. The van der Waals surface area contributed by atoms with Gasteiger partial charge in [-0.2, -0.15) is 0 Å². The Hall–Kier alpha value is -3.25. The van der Waals surface area contributed by atoms with E-state index in [-0.39, 0.29) is 17.4 Å². The van der Waals surface area contributed by atoms with Crippen LogP contribution >= 0.6 is 11.6 Å². The van der Waals surface area contributed by atoms with Crippen molar-refractivity contribution in [3.05, 3.63) is 76.1 Å². The van der Waals surface area contributed by atoms with Gasteiger partial charge in [0.25, 0.3) is 5.91 Å². The summed E-state index contributed by atoms with van der Waals surface area (Å²) in [6.45, 7) is 5.37. The topological polar surface area (TPSA) is 84.0 Å². The van der Waals surface area contributed by atoms with Crippen LogP contribution < -0.4 is 10.6 Å². The van der Waals surface area contributed by atoms with Gasteiger partial charge in [0, 0.05) is 17.4 Å². The summed E-state index contributed by atoms with van der Waals surface area (Å²) in [6.07, 6.45) is 1.49. The van der Waals surface area contributed by atoms with Crippen LogP contribution in [0.2, 0.25) is 5.02 Å². The molecular weight excluding hydrogens is 376 g/mol. The zero-order chi connectivity index (χ0) is 20.3. The van der Waals surface area contributed by atoms with E-state index in [0.29, 0.717) is 22.0 Å². The number of halogens is 1. The Kier molecular flexibility index (Phi) is 5.70. The number of Topliss-reactive ketones (excluding diaryl/α,β-unsaturated/α-hetero) is 1. The molecule has 0 aliphatic rings. The first-order valence-corrected chi connectivity index (χ1v) is 9.00. The van der Waals surface area contributed by atoms with Crippen molar-refractivity contribution in [2.24, 2.45) is 0 Å². The molecule has 1 amide bonds. The number of nitrogens with zero attached hydrogens (tertiary/aromatic N) is 2. The summed E-state index contributed by atoms with van der Waals surface area (Å²) < 4.78 is 0. The minimum Gasteiger partial charge on any atom is -0.323 e. The van der Waals surface area contributed by atoms with Gasteiger partial charge in [0.05, 0.1) is 10.7 Å². The second-order valence-corrected chi connectivity index (χ2v) is 6.83. The Balaban J connectivity index is 1.80. The Morgan fingerprint density at radius 1 is 1.07 bits per heavy atom. The summed E-state index contributed by atoms with van der Waals surface area (Å²) in [4.78, 5) is 32.5. The third kappa shape index (κ3) is 4.53. The van der Waals surface area contributed by atoms with Crippen LogP contribution in [0.3, 0.4) is 0 Å². The molecule has 0 saturated heterocycles. The summed E-state index contributed by atoms with van der Waals surface area (Å²) in [5.41, 5.74) is 3.92. The Morgan fingerprint density at radius 3 is 2.57 bits per heavy atom. The second kappa shape index (κ2) is 8.19. The maximum absolute atomic E-state index is 12.5. The van der Waals surface area contributed by atoms with Crippen LogP contribution in [-0.4, -0.2) is 21.7 Å². The molecule has 0 spiro atoms. The predicted octanol–water partition coefficient (Wildman–Crippen LogP) is 4.95. The highest BCUT2D eigenvalue weighted by molar-refractivity contribution is 6.33. The average Bonchev–Trinajstić information content (AvgIpc) is 2.65. The van der Waals surface area contributed by atoms with E-state index in [1.165, 1.54) is 19.2 Å². The van der Waals surface area contributed by atoms with Crippen LogP contribution in [0.25, 0.3) is 0 Å². The van der Waals surface area contributed by atoms with Crippen molar-refractivity contribution in [2.45, 2.75) is 20.8 Å². The van der Waals surface area contributed by atoms with Gasteiger partial charge in [0.2, 0.25) is 5.95 Å². The predicted molar refractivity (Wildman–Crippen MR) is 111 cm³/mol. The summed E-state index contributed by atoms with van der Waals surface area (Å²) in [5, 5.41) is 6.36. The first-order valence-electron chi connectivity index (χ1n) is 8.62. The van der Waals surface area contributed by atoms with Crippen LogP contribution in [0.5, 0.6) is 0 Å². The molecule has 0 unspecified atom stereocenters. The number of rotatable bonds is 5. The fourth-order valence-electron chi connectivity index (χ4n) is 2.74. The van der Waals surface area contributed by atoms with Gasteiger partial charge in [0.15, 0.2) is 5.78 Å². The molecule has 1 heterocycles. The number of carbonyl (C=O) groups excluding carboxylic acids is 2. The van der Waals surface area contributed by atoms with Gasteiger partial charge >= 0.3 is 0 Å². The largest absolute Gasteiger partial charge is 0.323 e. The Morgan fingerprint density at radius 2 is 1.86 bits per heavy atom. The van der Waals surface area contributed by atoms with Crippen molar-refractivity contribution in [1.82, 2.24) is 9.97 Å². The Labute approximate surface area is 168 Å². The number of hydrogen-bond donors (Lipinski definition) is 2. The maximum atomic E-state index is 12.5. The summed E-state index contributed by atoms with van der Waals surface area (Å²) >= 11 is 6.31. The molecule has 0 radical (unpaired) electrons. The molecule has 0 aliphatic carbocycles. The van der Waals surface area contributed by atoms with E-state index in [4.69, 9.17) is 11.6 Å². The lowest BCUT2D eigenvalue weighted by Crippen LogP contribution is -2.15. The third-order valence-electron chi connectivity index (χ3n) is 4.08. The molecule has 142 valence electrons. The molecule has 6 nitrogen and oxygen atoms in total. The van der Waals surface area contributed by atoms with Crippen LogP contribution in [0.4, 0.5) is 17.3 Å². The number of aryl methyl sites for hydroxylation is 2. The molecule has 3 rings (SSSR count). The standard InChI is InChI=1S/C21H19ClN4O2/c1-12-9-13(2)19(17(22)10-12)26-21-23-8-7-18(25-21)20(28)24-16-6-4-5-15(11-16)14(3)27/h4-11H,1-3H3,(H,24,28)(H,23,25,26). The van der Waals surface area contributed by atoms with Gasteiger partial charge in [-0.3, -0.25) is 9.59 Å². The number of hydrogen-bond acceptors (Lipinski definition) is 5. The SMILES string of the molecule is CC(=O)c1cccc(NC(=O)c2ccnc(Nc3c(C)cc(C)cc3Cl)n2)c1. The van der Waals surface area contributed by atoms with Gasteiger partial charge in [0.1, 0.15) is 5.69 Å². The molecular formula is C21H19ClN4O2. The molecule has 0 saturated carbocycles. The molecule has 2 aromatic carbocycles. The number of carbonyl (C=O) groups is 2. The van der Waals surface area contributed by atoms with Gasteiger partial charge < -0.3 is 10.6 Å². The first kappa shape index (κ1) is 19.5. The zero-order valence-corrected chi connectivity index (χ0v) is 16.5. The van der Waals surface area contributed by atoms with Crippen molar-refractivity contribution in [3.63, 3.8) is 0 Å². The second-order valence-electron chi connectivity index (χ2n) is 6.42. The van der Waals surface area contributed by atoms with Crippen LogP contribution in [0, 0.1) is 13.8 Å². The van der Waals surface area contributed by atoms with E-state index >= 15 is 0 Å². The van der Waals surface area contributed by atoms with E-state index in [9.17, 15) is 9.59 Å². The quantitative estimate of drug-likeness (QED) is 0.598. The molecule has 3 aromatic rings. The lowest BCUT2D eigenvalue weighted by molar-refractivity contribution is 0.100. The lowest BCUT2D eigenvalue weighted by Gasteiger charge is -2.12. The van der Waals surface area contributed by atoms with Crippen LogP contribution in [0.1, 0.15) is 38.9 Å². The fraction of sp³-hybridized carbons (Fsp3) is 0.143. The summed E-state index contributed by atoms with van der Waals surface area (Å²) in [6, 6.07) is 12.1. The van der Waals surface area contributed by atoms with Crippen LogP contribution in [0.15, 0.2) is 48.7 Å². The van der Waals surface area contributed by atoms with Gasteiger partial charge in [-0.1, -0.05) is 29.8 Å². The molecule has 0 atom stereocenters. The number of nitrogens with one attached hydrogen (secondary N) is 2. The Bertz CT molecular complexity index is 1040. The van der Waals surface area contributed by atoms with Crippen molar-refractivity contribution in [2.75, 3.05) is 10.6 Å². The van der Waals surface area contributed by atoms with E-state index < -0.39 is 5.91 Å². The van der Waals surface area contributed by atoms with E-state index in [1.54, 1.807) is 24.3 Å². The van der Waals surface area contributed by atoms with Gasteiger partial charge in [-0.25, -0.2) is 9.97 Å². The smallest absolute Gasteiger partial charge is 0.274 e. The molecule has 28 heavy (non-hydrogen) atoms. The molecule has 2 N–H and O–H groups in total. The van der Waals surface area contributed by atoms with Gasteiger partial charge in [-0.15, -0.1) is 0 Å². The molecule has 0 fully saturated rings.